The van der Waals surface area contributed by atoms with Gasteiger partial charge in [-0.25, -0.2) is 0 Å². The number of rotatable bonds is 19. The highest BCUT2D eigenvalue weighted by Gasteiger charge is 2.27. The van der Waals surface area contributed by atoms with Crippen molar-refractivity contribution >= 4 is 34.6 Å². The lowest BCUT2D eigenvalue weighted by Crippen LogP contribution is -2.42. The summed E-state index contributed by atoms with van der Waals surface area (Å²) in [5.41, 5.74) is 11.4. The van der Waals surface area contributed by atoms with Crippen molar-refractivity contribution in [3.05, 3.63) is 86.3 Å². The van der Waals surface area contributed by atoms with Crippen molar-refractivity contribution in [2.45, 2.75) is 32.7 Å². The smallest absolute Gasteiger partial charge is 0.296 e. The minimum Gasteiger partial charge on any atom is -0.497 e. The molecule has 0 radical (unpaired) electrons. The number of amides is 2. The van der Waals surface area contributed by atoms with Gasteiger partial charge in [-0.15, -0.1) is 4.91 Å². The molecule has 15 heteroatoms. The first-order valence-electron chi connectivity index (χ1n) is 14.0. The van der Waals surface area contributed by atoms with E-state index in [9.17, 15) is 24.6 Å². The monoisotopic (exact) mass is 624 g/mol. The average molecular weight is 625 g/mol. The van der Waals surface area contributed by atoms with Gasteiger partial charge in [0, 0.05) is 43.5 Å². The molecule has 0 unspecified atom stereocenters. The normalized spacial score (nSPS) is 12.1. The van der Waals surface area contributed by atoms with Crippen LogP contribution in [0.15, 0.2) is 59.8 Å². The molecule has 3 aromatic carbocycles. The lowest BCUT2D eigenvalue weighted by molar-refractivity contribution is -0.384. The standard InChI is InChI=1S/C30H36N6O9/c1-4-43-26(15-33-22-11-8-19(29(31)37)12-23(22)35-39)27(44-5-2)16-34-28-24(36(40)41)13-20(30(32)38)14-25(28)45-17-18-6-9-21(42-3)10-7-18/h6-14,26-27,33-34H,4-5,15-17H2,1-3H3,(H2,31,37)(H2,32,38)/t26-,27-/m0/s1. The maximum Gasteiger partial charge on any atom is 0.296 e. The number of hydrogen-bond donors (Lipinski definition) is 4. The summed E-state index contributed by atoms with van der Waals surface area (Å²) in [6.45, 7) is 4.36. The Morgan fingerprint density at radius 1 is 0.911 bits per heavy atom. The molecule has 6 N–H and O–H groups in total. The number of carbonyl (C=O) groups is 2. The first-order chi connectivity index (χ1) is 21.6. The van der Waals surface area contributed by atoms with E-state index >= 15 is 0 Å². The van der Waals surface area contributed by atoms with E-state index in [1.165, 1.54) is 24.3 Å². The summed E-state index contributed by atoms with van der Waals surface area (Å²) >= 11 is 0. The Kier molecular flexibility index (Phi) is 12.6. The molecule has 45 heavy (non-hydrogen) atoms. The topological polar surface area (TPSA) is 220 Å². The number of anilines is 2. The van der Waals surface area contributed by atoms with Crippen LogP contribution in [0.1, 0.15) is 40.1 Å². The van der Waals surface area contributed by atoms with E-state index < -0.39 is 34.6 Å². The van der Waals surface area contributed by atoms with Gasteiger partial charge < -0.3 is 41.0 Å². The van der Waals surface area contributed by atoms with Crippen LogP contribution in [0.25, 0.3) is 0 Å². The highest BCUT2D eigenvalue weighted by atomic mass is 16.6. The summed E-state index contributed by atoms with van der Waals surface area (Å²) in [5.74, 6) is -0.881. The lowest BCUT2D eigenvalue weighted by atomic mass is 10.1. The van der Waals surface area contributed by atoms with E-state index in [2.05, 4.69) is 15.8 Å². The molecular weight excluding hydrogens is 588 g/mol. The number of nitro groups is 1. The first-order valence-corrected chi connectivity index (χ1v) is 14.0. The van der Waals surface area contributed by atoms with Gasteiger partial charge in [0.05, 0.1) is 17.7 Å². The summed E-state index contributed by atoms with van der Waals surface area (Å²) in [4.78, 5) is 46.4. The fraction of sp³-hybridized carbons (Fsp3) is 0.333. The van der Waals surface area contributed by atoms with Crippen molar-refractivity contribution in [1.29, 1.82) is 0 Å². The number of nitro benzene ring substituents is 1. The number of carbonyl (C=O) groups excluding carboxylic acids is 2. The van der Waals surface area contributed by atoms with E-state index in [4.69, 9.17) is 30.4 Å². The van der Waals surface area contributed by atoms with E-state index in [1.54, 1.807) is 45.2 Å². The molecule has 0 aliphatic rings. The number of nitroso groups, excluding NO2 is 1. The van der Waals surface area contributed by atoms with Crippen molar-refractivity contribution in [3.8, 4) is 11.5 Å². The van der Waals surface area contributed by atoms with Gasteiger partial charge in [0.15, 0.2) is 11.4 Å². The molecule has 0 fully saturated rings. The first kappa shape index (κ1) is 34.2. The summed E-state index contributed by atoms with van der Waals surface area (Å²) < 4.78 is 23.0. The van der Waals surface area contributed by atoms with Gasteiger partial charge in [-0.1, -0.05) is 12.1 Å². The molecule has 0 saturated heterocycles. The third-order valence-corrected chi connectivity index (χ3v) is 6.65. The van der Waals surface area contributed by atoms with Gasteiger partial charge in [-0.2, -0.15) is 0 Å². The minimum absolute atomic E-state index is 0.0147. The molecule has 0 saturated carbocycles. The Labute approximate surface area is 259 Å². The molecule has 0 aliphatic heterocycles. The van der Waals surface area contributed by atoms with E-state index in [0.29, 0.717) is 18.0 Å². The molecular formula is C30H36N6O9. The fourth-order valence-electron chi connectivity index (χ4n) is 4.41. The van der Waals surface area contributed by atoms with Crippen LogP contribution in [0.5, 0.6) is 11.5 Å². The third kappa shape index (κ3) is 9.35. The number of primary amides is 2. The van der Waals surface area contributed by atoms with Crippen LogP contribution in [0, 0.1) is 15.0 Å². The van der Waals surface area contributed by atoms with Gasteiger partial charge in [-0.3, -0.25) is 19.7 Å². The molecule has 0 spiro atoms. The molecule has 0 aliphatic carbocycles. The van der Waals surface area contributed by atoms with Crippen molar-refractivity contribution < 1.29 is 33.5 Å². The predicted octanol–water partition coefficient (Wildman–Crippen LogP) is 4.11. The number of methoxy groups -OCH3 is 1. The van der Waals surface area contributed by atoms with Crippen LogP contribution in [-0.4, -0.2) is 62.4 Å². The highest BCUT2D eigenvalue weighted by Crippen LogP contribution is 2.37. The average Bonchev–Trinajstić information content (AvgIpc) is 3.03. The molecule has 15 nitrogen and oxygen atoms in total. The maximum absolute atomic E-state index is 12.1. The van der Waals surface area contributed by atoms with Gasteiger partial charge in [-0.05, 0) is 61.0 Å². The number of nitrogens with zero attached hydrogens (tertiary/aromatic N) is 2. The van der Waals surface area contributed by atoms with Crippen molar-refractivity contribution in [2.24, 2.45) is 16.6 Å². The predicted molar refractivity (Wildman–Crippen MR) is 167 cm³/mol. The van der Waals surface area contributed by atoms with Gasteiger partial charge in [0.1, 0.15) is 30.3 Å². The van der Waals surface area contributed by atoms with E-state index in [0.717, 1.165) is 11.6 Å². The van der Waals surface area contributed by atoms with Crippen LogP contribution in [0.4, 0.5) is 22.7 Å². The molecule has 2 atom stereocenters. The number of ether oxygens (including phenoxy) is 4. The second-order valence-corrected chi connectivity index (χ2v) is 9.56. The second kappa shape index (κ2) is 16.5. The van der Waals surface area contributed by atoms with Crippen molar-refractivity contribution in [1.82, 2.24) is 0 Å². The van der Waals surface area contributed by atoms with Gasteiger partial charge in [0.2, 0.25) is 11.8 Å². The molecule has 0 aromatic heterocycles. The Morgan fingerprint density at radius 3 is 2.07 bits per heavy atom. The number of hydrogen-bond acceptors (Lipinski definition) is 12. The van der Waals surface area contributed by atoms with Crippen LogP contribution in [0.3, 0.4) is 0 Å². The molecule has 2 amide bonds. The largest absolute Gasteiger partial charge is 0.497 e. The summed E-state index contributed by atoms with van der Waals surface area (Å²) in [6, 6.07) is 13.7. The van der Waals surface area contributed by atoms with Crippen LogP contribution >= 0.6 is 0 Å². The zero-order valence-corrected chi connectivity index (χ0v) is 25.1. The molecule has 3 aromatic rings. The molecule has 3 rings (SSSR count). The zero-order chi connectivity index (χ0) is 32.9. The van der Waals surface area contributed by atoms with E-state index in [-0.39, 0.29) is 54.6 Å². The Hall–Kier alpha value is -5.28. The van der Waals surface area contributed by atoms with Crippen molar-refractivity contribution in [3.63, 3.8) is 0 Å². The number of benzene rings is 3. The second-order valence-electron chi connectivity index (χ2n) is 9.56. The van der Waals surface area contributed by atoms with E-state index in [1.807, 2.05) is 0 Å². The fourth-order valence-corrected chi connectivity index (χ4v) is 4.41. The highest BCUT2D eigenvalue weighted by molar-refractivity contribution is 5.96. The molecule has 0 heterocycles. The summed E-state index contributed by atoms with van der Waals surface area (Å²) in [6.07, 6.45) is -1.28. The van der Waals surface area contributed by atoms with Crippen LogP contribution in [0.2, 0.25) is 0 Å². The summed E-state index contributed by atoms with van der Waals surface area (Å²) in [5, 5.41) is 21.2. The van der Waals surface area contributed by atoms with Crippen LogP contribution < -0.4 is 31.6 Å². The molecule has 240 valence electrons. The summed E-state index contributed by atoms with van der Waals surface area (Å²) in [7, 11) is 1.54. The zero-order valence-electron chi connectivity index (χ0n) is 25.1. The van der Waals surface area contributed by atoms with Gasteiger partial charge in [0.25, 0.3) is 5.69 Å². The Morgan fingerprint density at radius 2 is 1.53 bits per heavy atom. The molecule has 0 bridgehead atoms. The quantitative estimate of drug-likeness (QED) is 0.0844. The van der Waals surface area contributed by atoms with Gasteiger partial charge >= 0.3 is 0 Å². The Balaban J connectivity index is 1.88. The number of nitrogens with one attached hydrogen (secondary N) is 2. The van der Waals surface area contributed by atoms with Crippen molar-refractivity contribution in [2.75, 3.05) is 44.0 Å². The Bertz CT molecular complexity index is 1500. The lowest BCUT2D eigenvalue weighted by Gasteiger charge is -2.28. The van der Waals surface area contributed by atoms with Crippen LogP contribution in [-0.2, 0) is 16.1 Å². The minimum atomic E-state index is -0.860. The third-order valence-electron chi connectivity index (χ3n) is 6.65. The SMILES string of the molecule is CCO[C@@H](CNc1ccc(C(N)=O)cc1N=O)[C@H](CNc1c(OCc2ccc(OC)cc2)cc(C(N)=O)cc1[N+](=O)[O-])OCC. The maximum atomic E-state index is 12.1. The number of nitrogens with two attached hydrogens (primary N) is 2.